The summed E-state index contributed by atoms with van der Waals surface area (Å²) in [5.41, 5.74) is 0.959. The number of carbonyl (C=O) groups is 1. The van der Waals surface area contributed by atoms with E-state index in [1.54, 1.807) is 4.68 Å². The van der Waals surface area contributed by atoms with Gasteiger partial charge in [-0.25, -0.2) is 0 Å². The Morgan fingerprint density at radius 3 is 2.59 bits per heavy atom. The van der Waals surface area contributed by atoms with Gasteiger partial charge in [-0.1, -0.05) is 0 Å². The molecule has 2 aromatic rings. The minimum atomic E-state index is -0.550. The normalized spacial score (nSPS) is 15.1. The average molecular weight is 377 g/mol. The number of carbonyl (C=O) groups excluding carboxylic acids is 1. The monoisotopic (exact) mass is 377 g/mol. The van der Waals surface area contributed by atoms with Crippen LogP contribution in [0.2, 0.25) is 0 Å². The Morgan fingerprint density at radius 2 is 2.04 bits per heavy atom. The number of amides is 1. The largest absolute Gasteiger partial charge is 0.475 e. The van der Waals surface area contributed by atoms with Gasteiger partial charge in [0.25, 0.3) is 0 Å². The number of methoxy groups -OCH3 is 1. The van der Waals surface area contributed by atoms with Crippen LogP contribution >= 0.6 is 0 Å². The van der Waals surface area contributed by atoms with Gasteiger partial charge in [0.05, 0.1) is 24.8 Å². The molecule has 0 radical (unpaired) electrons. The minimum absolute atomic E-state index is 0.0214. The molecule has 0 atom stereocenters. The lowest BCUT2D eigenvalue weighted by Crippen LogP contribution is -2.48. The molecule has 2 aromatic heterocycles. The van der Waals surface area contributed by atoms with Crippen LogP contribution in [-0.2, 0) is 24.9 Å². The quantitative estimate of drug-likeness (QED) is 0.503. The summed E-state index contributed by atoms with van der Waals surface area (Å²) in [6.07, 6.45) is 5.38. The first-order valence-corrected chi connectivity index (χ1v) is 8.69. The molecule has 0 spiro atoms. The van der Waals surface area contributed by atoms with E-state index in [4.69, 9.17) is 4.74 Å². The van der Waals surface area contributed by atoms with Gasteiger partial charge in [0.2, 0.25) is 5.91 Å². The predicted molar refractivity (Wildman–Crippen MR) is 95.1 cm³/mol. The number of aryl methyl sites for hydroxylation is 2. The molecule has 0 saturated carbocycles. The van der Waals surface area contributed by atoms with Crippen molar-refractivity contribution in [3.8, 4) is 5.88 Å². The number of nitro groups is 1. The van der Waals surface area contributed by atoms with Gasteiger partial charge in [0.15, 0.2) is 0 Å². The Bertz CT molecular complexity index is 808. The molecule has 3 heterocycles. The smallest absolute Gasteiger partial charge is 0.350 e. The average Bonchev–Trinajstić information content (AvgIpc) is 3.26. The SMILES string of the molecule is COc1nn(CCC(=O)N2CCN(Cc3cnn(C)c3)CC2)cc1[N+](=O)[O-]. The number of nitrogens with zero attached hydrogens (tertiary/aromatic N) is 7. The molecule has 11 heteroatoms. The molecule has 146 valence electrons. The van der Waals surface area contributed by atoms with Crippen LogP contribution < -0.4 is 4.74 Å². The van der Waals surface area contributed by atoms with Crippen LogP contribution in [0.25, 0.3) is 0 Å². The van der Waals surface area contributed by atoms with Crippen molar-refractivity contribution in [1.82, 2.24) is 29.4 Å². The molecular formula is C16H23N7O4. The highest BCUT2D eigenvalue weighted by atomic mass is 16.6. The molecule has 0 unspecified atom stereocenters. The molecule has 0 bridgehead atoms. The van der Waals surface area contributed by atoms with E-state index in [-0.39, 0.29) is 30.4 Å². The first-order valence-electron chi connectivity index (χ1n) is 8.69. The summed E-state index contributed by atoms with van der Waals surface area (Å²) in [6.45, 7) is 4.05. The van der Waals surface area contributed by atoms with Crippen LogP contribution in [0.5, 0.6) is 5.88 Å². The van der Waals surface area contributed by atoms with Crippen molar-refractivity contribution in [3.63, 3.8) is 0 Å². The number of ether oxygens (including phenoxy) is 1. The molecule has 11 nitrogen and oxygen atoms in total. The van der Waals surface area contributed by atoms with Crippen LogP contribution in [0.1, 0.15) is 12.0 Å². The number of aromatic nitrogens is 4. The van der Waals surface area contributed by atoms with Gasteiger partial charge in [-0.2, -0.15) is 5.10 Å². The van der Waals surface area contributed by atoms with E-state index >= 15 is 0 Å². The van der Waals surface area contributed by atoms with Crippen molar-refractivity contribution in [2.45, 2.75) is 19.5 Å². The summed E-state index contributed by atoms with van der Waals surface area (Å²) >= 11 is 0. The second kappa shape index (κ2) is 8.16. The van der Waals surface area contributed by atoms with E-state index in [0.29, 0.717) is 13.1 Å². The second-order valence-electron chi connectivity index (χ2n) is 6.47. The first kappa shape index (κ1) is 18.8. The highest BCUT2D eigenvalue weighted by Crippen LogP contribution is 2.24. The first-order chi connectivity index (χ1) is 13.0. The van der Waals surface area contributed by atoms with Crippen LogP contribution in [0.15, 0.2) is 18.6 Å². The van der Waals surface area contributed by atoms with Gasteiger partial charge in [0.1, 0.15) is 6.20 Å². The molecule has 0 aromatic carbocycles. The zero-order valence-electron chi connectivity index (χ0n) is 15.4. The Labute approximate surface area is 156 Å². The zero-order valence-corrected chi connectivity index (χ0v) is 15.4. The Morgan fingerprint density at radius 1 is 1.30 bits per heavy atom. The van der Waals surface area contributed by atoms with Gasteiger partial charge in [-0.15, -0.1) is 5.10 Å². The Hall–Kier alpha value is -2.95. The van der Waals surface area contributed by atoms with Crippen molar-refractivity contribution < 1.29 is 14.5 Å². The van der Waals surface area contributed by atoms with Crippen molar-refractivity contribution in [2.75, 3.05) is 33.3 Å². The topological polar surface area (TPSA) is 112 Å². The van der Waals surface area contributed by atoms with Crippen LogP contribution in [0.4, 0.5) is 5.69 Å². The lowest BCUT2D eigenvalue weighted by molar-refractivity contribution is -0.385. The number of hydrogen-bond donors (Lipinski definition) is 0. The molecule has 1 fully saturated rings. The standard InChI is InChI=1S/C16H23N7O4/c1-19-10-13(9-17-19)11-20-5-7-21(8-6-20)15(24)3-4-22-12-14(23(25)26)16(18-22)27-2/h9-10,12H,3-8,11H2,1-2H3. The van der Waals surface area contributed by atoms with Crippen LogP contribution in [0, 0.1) is 10.1 Å². The van der Waals surface area contributed by atoms with Crippen LogP contribution in [-0.4, -0.2) is 73.5 Å². The van der Waals surface area contributed by atoms with Crippen LogP contribution in [0.3, 0.4) is 0 Å². The lowest BCUT2D eigenvalue weighted by Gasteiger charge is -2.34. The zero-order chi connectivity index (χ0) is 19.4. The Kier molecular flexibility index (Phi) is 5.69. The maximum absolute atomic E-state index is 12.4. The minimum Gasteiger partial charge on any atom is -0.475 e. The number of hydrogen-bond acceptors (Lipinski definition) is 7. The summed E-state index contributed by atoms with van der Waals surface area (Å²) in [4.78, 5) is 26.9. The van der Waals surface area contributed by atoms with Crippen molar-refractivity contribution >= 4 is 11.6 Å². The highest BCUT2D eigenvalue weighted by molar-refractivity contribution is 5.76. The van der Waals surface area contributed by atoms with Crippen molar-refractivity contribution in [2.24, 2.45) is 7.05 Å². The van der Waals surface area contributed by atoms with Gasteiger partial charge in [-0.05, 0) is 0 Å². The molecule has 1 aliphatic heterocycles. The second-order valence-corrected chi connectivity index (χ2v) is 6.47. The summed E-state index contributed by atoms with van der Waals surface area (Å²) in [5, 5.41) is 19.1. The Balaban J connectivity index is 1.46. The fraction of sp³-hybridized carbons (Fsp3) is 0.562. The summed E-state index contributed by atoms with van der Waals surface area (Å²) in [6, 6.07) is 0. The van der Waals surface area contributed by atoms with Gasteiger partial charge >= 0.3 is 11.6 Å². The maximum Gasteiger partial charge on any atom is 0.350 e. The third-order valence-electron chi connectivity index (χ3n) is 4.54. The molecule has 1 amide bonds. The molecule has 3 rings (SSSR count). The summed E-state index contributed by atoms with van der Waals surface area (Å²) < 4.78 is 8.06. The molecule has 0 aliphatic carbocycles. The van der Waals surface area contributed by atoms with Gasteiger partial charge in [0, 0.05) is 58.0 Å². The molecule has 1 saturated heterocycles. The fourth-order valence-electron chi connectivity index (χ4n) is 3.11. The summed E-state index contributed by atoms with van der Waals surface area (Å²) in [5.74, 6) is -0.0235. The van der Waals surface area contributed by atoms with E-state index in [1.165, 1.54) is 18.0 Å². The predicted octanol–water partition coefficient (Wildman–Crippen LogP) is 0.268. The molecular weight excluding hydrogens is 354 g/mol. The highest BCUT2D eigenvalue weighted by Gasteiger charge is 2.23. The fourth-order valence-corrected chi connectivity index (χ4v) is 3.11. The third-order valence-corrected chi connectivity index (χ3v) is 4.54. The molecule has 1 aliphatic rings. The van der Waals surface area contributed by atoms with Gasteiger partial charge in [-0.3, -0.25) is 29.2 Å². The lowest BCUT2D eigenvalue weighted by atomic mass is 10.2. The van der Waals surface area contributed by atoms with Crippen molar-refractivity contribution in [1.29, 1.82) is 0 Å². The van der Waals surface area contributed by atoms with E-state index < -0.39 is 4.92 Å². The van der Waals surface area contributed by atoms with E-state index in [1.807, 2.05) is 24.3 Å². The van der Waals surface area contributed by atoms with Gasteiger partial charge < -0.3 is 9.64 Å². The van der Waals surface area contributed by atoms with E-state index in [9.17, 15) is 14.9 Å². The number of piperazine rings is 1. The van der Waals surface area contributed by atoms with E-state index in [0.717, 1.165) is 25.2 Å². The number of rotatable bonds is 7. The maximum atomic E-state index is 12.4. The van der Waals surface area contributed by atoms with Crippen molar-refractivity contribution in [3.05, 3.63) is 34.3 Å². The summed E-state index contributed by atoms with van der Waals surface area (Å²) in [7, 11) is 3.22. The van der Waals surface area contributed by atoms with E-state index in [2.05, 4.69) is 15.1 Å². The molecule has 27 heavy (non-hydrogen) atoms. The third kappa shape index (κ3) is 4.61. The molecule has 0 N–H and O–H groups in total.